The molecule has 26 heavy (non-hydrogen) atoms. The Balaban J connectivity index is 1.93. The smallest absolute Gasteiger partial charge is 0.179 e. The second-order valence-corrected chi connectivity index (χ2v) is 8.07. The Bertz CT molecular complexity index is 1110. The second-order valence-electron chi connectivity index (χ2n) is 5.60. The molecule has 0 aliphatic rings. The molecule has 1 N–H and O–H groups in total. The molecule has 132 valence electrons. The van der Waals surface area contributed by atoms with Crippen molar-refractivity contribution < 1.29 is 9.84 Å². The van der Waals surface area contributed by atoms with Gasteiger partial charge in [0, 0.05) is 23.9 Å². The van der Waals surface area contributed by atoms with E-state index >= 15 is 0 Å². The van der Waals surface area contributed by atoms with Crippen LogP contribution in [0, 0.1) is 13.8 Å². The minimum absolute atomic E-state index is 0.111. The van der Waals surface area contributed by atoms with Crippen molar-refractivity contribution in [3.05, 3.63) is 41.2 Å². The highest BCUT2D eigenvalue weighted by molar-refractivity contribution is 8.01. The fourth-order valence-corrected chi connectivity index (χ4v) is 4.49. The van der Waals surface area contributed by atoms with Gasteiger partial charge in [-0.3, -0.25) is 0 Å². The van der Waals surface area contributed by atoms with Crippen LogP contribution in [0.4, 0.5) is 0 Å². The lowest BCUT2D eigenvalue weighted by molar-refractivity contribution is 0.408. The largest absolute Gasteiger partial charge is 0.507 e. The summed E-state index contributed by atoms with van der Waals surface area (Å²) in [4.78, 5) is 5.32. The SMILES string of the molecule is COc1ccc(-c2c(Sc3nnc(C)s3)cnc3cc(C)nn23)c(O)c1. The van der Waals surface area contributed by atoms with Crippen molar-refractivity contribution in [1.82, 2.24) is 24.8 Å². The number of methoxy groups -OCH3 is 1. The summed E-state index contributed by atoms with van der Waals surface area (Å²) in [7, 11) is 1.56. The Kier molecular flexibility index (Phi) is 4.25. The molecule has 9 heteroatoms. The number of aromatic hydroxyl groups is 1. The van der Waals surface area contributed by atoms with Crippen LogP contribution in [0.3, 0.4) is 0 Å². The van der Waals surface area contributed by atoms with E-state index in [1.54, 1.807) is 30.0 Å². The van der Waals surface area contributed by atoms with Gasteiger partial charge in [-0.25, -0.2) is 9.50 Å². The predicted molar refractivity (Wildman–Crippen MR) is 100 cm³/mol. The monoisotopic (exact) mass is 385 g/mol. The Morgan fingerprint density at radius 2 is 2.04 bits per heavy atom. The fraction of sp³-hybridized carbons (Fsp3) is 0.176. The highest BCUT2D eigenvalue weighted by Crippen LogP contribution is 2.40. The molecular formula is C17H15N5O2S2. The number of fused-ring (bicyclic) bond motifs is 1. The third-order valence-corrected chi connectivity index (χ3v) is 5.65. The number of phenolic OH excluding ortho intramolecular Hbond substituents is 1. The van der Waals surface area contributed by atoms with Crippen LogP contribution in [-0.4, -0.2) is 37.0 Å². The fourth-order valence-electron chi connectivity index (χ4n) is 2.61. The first-order valence-corrected chi connectivity index (χ1v) is 9.39. The van der Waals surface area contributed by atoms with E-state index in [4.69, 9.17) is 4.74 Å². The first-order valence-electron chi connectivity index (χ1n) is 7.76. The third kappa shape index (κ3) is 2.99. The van der Waals surface area contributed by atoms with Crippen LogP contribution in [0.2, 0.25) is 0 Å². The van der Waals surface area contributed by atoms with Crippen molar-refractivity contribution in [1.29, 1.82) is 0 Å². The number of benzene rings is 1. The Morgan fingerprint density at radius 1 is 1.19 bits per heavy atom. The molecule has 0 spiro atoms. The van der Waals surface area contributed by atoms with Crippen molar-refractivity contribution in [2.75, 3.05) is 7.11 Å². The van der Waals surface area contributed by atoms with Crippen LogP contribution in [0.5, 0.6) is 11.5 Å². The molecule has 0 aliphatic carbocycles. The average Bonchev–Trinajstić information content (AvgIpc) is 3.19. The van der Waals surface area contributed by atoms with Gasteiger partial charge in [-0.2, -0.15) is 5.10 Å². The van der Waals surface area contributed by atoms with Gasteiger partial charge >= 0.3 is 0 Å². The average molecular weight is 385 g/mol. The molecule has 0 atom stereocenters. The summed E-state index contributed by atoms with van der Waals surface area (Å²) in [6.07, 6.45) is 1.77. The summed E-state index contributed by atoms with van der Waals surface area (Å²) in [5, 5.41) is 24.2. The molecule has 0 amide bonds. The molecule has 3 heterocycles. The van der Waals surface area contributed by atoms with Crippen LogP contribution in [0.15, 0.2) is 39.7 Å². The van der Waals surface area contributed by atoms with E-state index in [-0.39, 0.29) is 5.75 Å². The summed E-state index contributed by atoms with van der Waals surface area (Å²) in [5.41, 5.74) is 2.96. The van der Waals surface area contributed by atoms with Crippen LogP contribution in [-0.2, 0) is 0 Å². The molecule has 0 unspecified atom stereocenters. The number of hydrogen-bond donors (Lipinski definition) is 1. The van der Waals surface area contributed by atoms with Gasteiger partial charge in [-0.15, -0.1) is 10.2 Å². The molecule has 0 aliphatic heterocycles. The number of phenols is 1. The van der Waals surface area contributed by atoms with E-state index in [1.807, 2.05) is 26.0 Å². The van der Waals surface area contributed by atoms with E-state index in [2.05, 4.69) is 20.3 Å². The zero-order valence-electron chi connectivity index (χ0n) is 14.3. The summed E-state index contributed by atoms with van der Waals surface area (Å²) in [5.74, 6) is 0.697. The number of nitrogens with zero attached hydrogens (tertiary/aromatic N) is 5. The summed E-state index contributed by atoms with van der Waals surface area (Å²) in [6.45, 7) is 3.82. The van der Waals surface area contributed by atoms with E-state index in [0.29, 0.717) is 17.0 Å². The Labute approximate surface area is 157 Å². The van der Waals surface area contributed by atoms with Gasteiger partial charge in [0.05, 0.1) is 23.4 Å². The number of aryl methyl sites for hydroxylation is 2. The summed E-state index contributed by atoms with van der Waals surface area (Å²) >= 11 is 2.96. The van der Waals surface area contributed by atoms with Crippen LogP contribution >= 0.6 is 23.1 Å². The standard InChI is InChI=1S/C17H15N5O2S2/c1-9-6-15-18-8-14(26-17-20-19-10(2)25-17)16(22(15)21-9)12-5-4-11(24-3)7-13(12)23/h4-8,23H,1-3H3. The molecule has 3 aromatic heterocycles. The van der Waals surface area contributed by atoms with E-state index < -0.39 is 0 Å². The zero-order chi connectivity index (χ0) is 18.3. The second kappa shape index (κ2) is 6.58. The molecule has 0 radical (unpaired) electrons. The van der Waals surface area contributed by atoms with Crippen molar-refractivity contribution in [2.45, 2.75) is 23.1 Å². The molecule has 1 aromatic carbocycles. The highest BCUT2D eigenvalue weighted by atomic mass is 32.2. The van der Waals surface area contributed by atoms with Crippen molar-refractivity contribution in [3.63, 3.8) is 0 Å². The highest BCUT2D eigenvalue weighted by Gasteiger charge is 2.19. The van der Waals surface area contributed by atoms with Gasteiger partial charge in [0.2, 0.25) is 0 Å². The van der Waals surface area contributed by atoms with Gasteiger partial charge in [0.25, 0.3) is 0 Å². The number of hydrogen-bond acceptors (Lipinski definition) is 8. The van der Waals surface area contributed by atoms with Crippen LogP contribution in [0.25, 0.3) is 16.9 Å². The lowest BCUT2D eigenvalue weighted by Crippen LogP contribution is -1.99. The predicted octanol–water partition coefficient (Wildman–Crippen LogP) is 3.73. The maximum Gasteiger partial charge on any atom is 0.179 e. The Morgan fingerprint density at radius 3 is 2.73 bits per heavy atom. The number of rotatable bonds is 4. The third-order valence-electron chi connectivity index (χ3n) is 3.74. The molecule has 0 bridgehead atoms. The topological polar surface area (TPSA) is 85.4 Å². The van der Waals surface area contributed by atoms with Crippen LogP contribution < -0.4 is 4.74 Å². The number of aromatic nitrogens is 5. The molecule has 0 saturated heterocycles. The van der Waals surface area contributed by atoms with Gasteiger partial charge in [-0.05, 0) is 26.0 Å². The maximum absolute atomic E-state index is 10.6. The van der Waals surface area contributed by atoms with E-state index in [0.717, 1.165) is 25.6 Å². The molecule has 4 rings (SSSR count). The quantitative estimate of drug-likeness (QED) is 0.573. The molecule has 7 nitrogen and oxygen atoms in total. The first kappa shape index (κ1) is 16.8. The van der Waals surface area contributed by atoms with Crippen LogP contribution in [0.1, 0.15) is 10.7 Å². The summed E-state index contributed by atoms with van der Waals surface area (Å²) < 4.78 is 7.74. The van der Waals surface area contributed by atoms with E-state index in [9.17, 15) is 5.11 Å². The lowest BCUT2D eigenvalue weighted by atomic mass is 10.1. The van der Waals surface area contributed by atoms with Gasteiger partial charge in [0.1, 0.15) is 16.5 Å². The normalized spacial score (nSPS) is 11.2. The van der Waals surface area contributed by atoms with Crippen molar-refractivity contribution in [3.8, 4) is 22.8 Å². The zero-order valence-corrected chi connectivity index (χ0v) is 15.9. The summed E-state index contributed by atoms with van der Waals surface area (Å²) in [6, 6.07) is 7.10. The minimum Gasteiger partial charge on any atom is -0.507 e. The lowest BCUT2D eigenvalue weighted by Gasteiger charge is -2.12. The molecule has 4 aromatic rings. The van der Waals surface area contributed by atoms with Crippen molar-refractivity contribution >= 4 is 28.7 Å². The molecular weight excluding hydrogens is 370 g/mol. The van der Waals surface area contributed by atoms with Crippen molar-refractivity contribution in [2.24, 2.45) is 0 Å². The number of ether oxygens (including phenoxy) is 1. The van der Waals surface area contributed by atoms with E-state index in [1.165, 1.54) is 23.1 Å². The Hall–Kier alpha value is -2.65. The minimum atomic E-state index is 0.111. The van der Waals surface area contributed by atoms with Gasteiger partial charge < -0.3 is 9.84 Å². The molecule has 0 saturated carbocycles. The first-order chi connectivity index (χ1) is 12.5. The molecule has 0 fully saturated rings. The van der Waals surface area contributed by atoms with Gasteiger partial charge in [-0.1, -0.05) is 23.1 Å². The maximum atomic E-state index is 10.6. The van der Waals surface area contributed by atoms with Gasteiger partial charge in [0.15, 0.2) is 9.99 Å².